The van der Waals surface area contributed by atoms with Crippen LogP contribution < -0.4 is 24.8 Å². The van der Waals surface area contributed by atoms with Gasteiger partial charge in [-0.05, 0) is 184 Å². The summed E-state index contributed by atoms with van der Waals surface area (Å²) in [5, 5.41) is 33.9. The zero-order valence-electron chi connectivity index (χ0n) is 62.1. The molecule has 5 aliphatic heterocycles. The van der Waals surface area contributed by atoms with Gasteiger partial charge in [-0.2, -0.15) is 23.7 Å². The number of hydrogen-bond donors (Lipinski definition) is 3. The molecule has 564 valence electrons. The number of methoxy groups -OCH3 is 4. The summed E-state index contributed by atoms with van der Waals surface area (Å²) in [7, 11) is 9.04. The molecule has 1 unspecified atom stereocenters. The van der Waals surface area contributed by atoms with Crippen LogP contribution in [0.5, 0.6) is 17.2 Å². The number of aryl methyl sites for hydroxylation is 3. The fourth-order valence-corrected chi connectivity index (χ4v) is 17.0. The number of para-hydroxylation sites is 3. The summed E-state index contributed by atoms with van der Waals surface area (Å²) in [4.78, 5) is 50.5. The minimum absolute atomic E-state index is 0.00201. The maximum absolute atomic E-state index is 13.2. The number of fused-ring (bicyclic) bond motifs is 3. The van der Waals surface area contributed by atoms with Crippen molar-refractivity contribution >= 4 is 60.7 Å². The highest BCUT2D eigenvalue weighted by atomic mass is 32.2. The number of nitrogens with zero attached hydrogens (tertiary/aromatic N) is 13. The second-order valence-electron chi connectivity index (χ2n) is 30.0. The first-order chi connectivity index (χ1) is 50.4. The number of imidazole rings is 2. The quantitative estimate of drug-likeness (QED) is 0.0475. The number of aromatic nitrogens is 10. The standard InChI is InChI=1S/C28H38N6O2.C19H25N3O3.C14H19N3O.C9H15N3.C7H12O5S/c1-31-27-23(6-3-7-25(27)36-2)26(30-31)21-8-12-32(13-9-21)18-22-15-24(22)28(35)34-11-4-5-20(17-34)16-33-14-10-29-19-33;1-21-18-14(4-3-5-16(18)25-2)17(20-21)12-6-8-22(9-7-12)11-13-10-15(13)19(23)24;1-17-14-11(4-3-5-12(14)18-2)13(16-17)10-6-8-15-9-7-10;1-2-9(6-10-3-1)7-12-5-4-11-8-12;1-11-7(8)6-3-5(6)4-12-13(2,9)10/h3,6-7,10,14,19-22,24H,4-5,8-9,11-13,15-18H2,1-2H3;3-5,12-13,15H,6-11H2,1-2H3,(H,23,24);3-5,10,15H,6-9H2,1-2H3;4-5,8-10H,1-3,6-7H2;5-6H,3-4H2,1-2H3/t20-,22-,24+;13-,15+;;9-;5-,6?/m00.10/s1. The van der Waals surface area contributed by atoms with Crippen molar-refractivity contribution in [1.82, 2.24) is 73.8 Å². The number of carboxylic acid groups (broad SMARTS) is 1. The van der Waals surface area contributed by atoms with E-state index < -0.39 is 16.1 Å². The van der Waals surface area contributed by atoms with Crippen LogP contribution in [0.3, 0.4) is 0 Å². The van der Waals surface area contributed by atoms with Crippen molar-refractivity contribution in [3.05, 3.63) is 109 Å². The molecule has 27 heteroatoms. The van der Waals surface area contributed by atoms with E-state index in [1.54, 1.807) is 21.3 Å². The van der Waals surface area contributed by atoms with E-state index >= 15 is 0 Å². The SMILES string of the molecule is COC(=O)C1C[C@H]1COS(C)(=O)=O.COc1cccc2c(C3CCN(C[C@@H]4C[C@H]4C(=O)N4CCC[C@@H](Cn5ccnc5)C4)CC3)nn(C)c12.COc1cccc2c(C3CCN(C[C@@H]4C[C@H]4C(=O)O)CC3)nn(C)c12.COc1cccc2c(C3CCNCC3)nn(C)c12.c1cn(C[C@@H]2CCCNC2)cn1. The first-order valence-electron chi connectivity index (χ1n) is 37.6. The van der Waals surface area contributed by atoms with E-state index in [-0.39, 0.29) is 36.2 Å². The Morgan fingerprint density at radius 2 is 1.00 bits per heavy atom. The molecule has 0 bridgehead atoms. The van der Waals surface area contributed by atoms with E-state index in [1.807, 2.05) is 103 Å². The van der Waals surface area contributed by atoms with E-state index in [9.17, 15) is 22.8 Å². The molecule has 26 nitrogen and oxygen atoms in total. The Balaban J connectivity index is 0.000000130. The number of esters is 1. The minimum Gasteiger partial charge on any atom is -0.494 e. The molecule has 5 aromatic heterocycles. The lowest BCUT2D eigenvalue weighted by Gasteiger charge is -2.34. The van der Waals surface area contributed by atoms with E-state index in [0.29, 0.717) is 47.8 Å². The number of piperidine rings is 5. The summed E-state index contributed by atoms with van der Waals surface area (Å²) in [5.74, 6) is 5.83. The number of ether oxygens (including phenoxy) is 4. The molecule has 16 rings (SSSR count). The second-order valence-corrected chi connectivity index (χ2v) is 31.6. The molecule has 104 heavy (non-hydrogen) atoms. The normalized spacial score (nSPS) is 23.8. The van der Waals surface area contributed by atoms with Gasteiger partial charge in [0.1, 0.15) is 33.8 Å². The molecule has 3 aliphatic carbocycles. The second kappa shape index (κ2) is 35.0. The Kier molecular flexibility index (Phi) is 25.5. The van der Waals surface area contributed by atoms with Gasteiger partial charge in [0, 0.05) is 125 Å². The maximum Gasteiger partial charge on any atom is 0.309 e. The third-order valence-corrected chi connectivity index (χ3v) is 23.1. The highest BCUT2D eigenvalue weighted by Crippen LogP contribution is 2.45. The van der Waals surface area contributed by atoms with E-state index in [2.05, 4.69) is 77.6 Å². The Bertz CT molecular complexity index is 4230. The lowest BCUT2D eigenvalue weighted by atomic mass is 9.91. The van der Waals surface area contributed by atoms with E-state index in [1.165, 1.54) is 79.0 Å². The predicted octanol–water partition coefficient (Wildman–Crippen LogP) is 8.72. The fraction of sp³-hybridized carbons (Fsp3) is 0.610. The first-order valence-corrected chi connectivity index (χ1v) is 39.4. The van der Waals surface area contributed by atoms with Crippen LogP contribution in [0, 0.1) is 47.3 Å². The highest BCUT2D eigenvalue weighted by Gasteiger charge is 2.48. The molecule has 5 saturated heterocycles. The number of carboxylic acids is 1. The number of benzene rings is 3. The van der Waals surface area contributed by atoms with Crippen LogP contribution >= 0.6 is 0 Å². The van der Waals surface area contributed by atoms with Gasteiger partial charge in [0.05, 0.1) is 82.9 Å². The summed E-state index contributed by atoms with van der Waals surface area (Å²) in [6.45, 7) is 14.7. The summed E-state index contributed by atoms with van der Waals surface area (Å²) in [6, 6.07) is 18.6. The number of aliphatic carboxylic acids is 1. The number of likely N-dealkylation sites (tertiary alicyclic amines) is 3. The Morgan fingerprint density at radius 1 is 0.538 bits per heavy atom. The molecule has 3 aromatic carbocycles. The molecule has 3 saturated carbocycles. The maximum atomic E-state index is 13.2. The van der Waals surface area contributed by atoms with Gasteiger partial charge >= 0.3 is 11.9 Å². The summed E-state index contributed by atoms with van der Waals surface area (Å²) < 4.78 is 56.8. The van der Waals surface area contributed by atoms with Gasteiger partial charge in [-0.1, -0.05) is 36.4 Å². The van der Waals surface area contributed by atoms with Crippen LogP contribution in [-0.2, 0) is 67.7 Å². The first kappa shape index (κ1) is 75.7. The van der Waals surface area contributed by atoms with Crippen LogP contribution in [0.2, 0.25) is 0 Å². The average Bonchev–Trinajstić information content (AvgIpc) is 1.63. The van der Waals surface area contributed by atoms with Crippen molar-refractivity contribution in [3.8, 4) is 17.2 Å². The molecule has 1 amide bonds. The van der Waals surface area contributed by atoms with Crippen molar-refractivity contribution in [2.45, 2.75) is 114 Å². The average molecular weight is 1450 g/mol. The molecule has 0 spiro atoms. The van der Waals surface area contributed by atoms with Crippen LogP contribution in [0.25, 0.3) is 32.7 Å². The number of carbonyl (C=O) groups excluding carboxylic acids is 2. The van der Waals surface area contributed by atoms with Gasteiger partial charge in [0.15, 0.2) is 0 Å². The number of rotatable bonds is 20. The van der Waals surface area contributed by atoms with Crippen LogP contribution in [0.1, 0.15) is 118 Å². The van der Waals surface area contributed by atoms with Crippen molar-refractivity contribution in [1.29, 1.82) is 0 Å². The van der Waals surface area contributed by atoms with Gasteiger partial charge in [0.2, 0.25) is 5.91 Å². The fourth-order valence-electron chi connectivity index (χ4n) is 16.6. The van der Waals surface area contributed by atoms with E-state index in [4.69, 9.17) is 34.6 Å². The summed E-state index contributed by atoms with van der Waals surface area (Å²) in [5.41, 5.74) is 6.86. The monoisotopic (exact) mass is 1450 g/mol. The largest absolute Gasteiger partial charge is 0.494 e. The Labute approximate surface area is 611 Å². The molecule has 8 aliphatic rings. The molecular formula is C77H109N15O11S. The number of hydrogen-bond acceptors (Lipinski definition) is 19. The third-order valence-electron chi connectivity index (χ3n) is 22.6. The van der Waals surface area contributed by atoms with Crippen molar-refractivity contribution in [3.63, 3.8) is 0 Å². The molecular weight excluding hydrogens is 1340 g/mol. The predicted molar refractivity (Wildman–Crippen MR) is 398 cm³/mol. The minimum atomic E-state index is -3.39. The number of carbonyl (C=O) groups is 3. The molecule has 8 aromatic rings. The van der Waals surface area contributed by atoms with Crippen LogP contribution in [-0.4, -0.2) is 214 Å². The lowest BCUT2D eigenvalue weighted by Crippen LogP contribution is -2.42. The molecule has 10 heterocycles. The summed E-state index contributed by atoms with van der Waals surface area (Å²) >= 11 is 0. The molecule has 8 fully saturated rings. The van der Waals surface area contributed by atoms with Gasteiger partial charge in [-0.15, -0.1) is 0 Å². The molecule has 8 atom stereocenters. The van der Waals surface area contributed by atoms with Gasteiger partial charge in [-0.3, -0.25) is 32.6 Å². The van der Waals surface area contributed by atoms with Crippen LogP contribution in [0.4, 0.5) is 0 Å². The Hall–Kier alpha value is -7.95. The van der Waals surface area contributed by atoms with Crippen molar-refractivity contribution in [2.75, 3.05) is 120 Å². The molecule has 3 N–H and O–H groups in total. The highest BCUT2D eigenvalue weighted by molar-refractivity contribution is 7.86. The van der Waals surface area contributed by atoms with Crippen molar-refractivity contribution < 1.29 is 51.0 Å². The van der Waals surface area contributed by atoms with Gasteiger partial charge in [-0.25, -0.2) is 9.97 Å². The molecule has 0 radical (unpaired) electrons. The topological polar surface area (TPSA) is 275 Å². The Morgan fingerprint density at radius 3 is 1.43 bits per heavy atom. The van der Waals surface area contributed by atoms with Gasteiger partial charge in [0.25, 0.3) is 10.1 Å². The number of amides is 1. The zero-order chi connectivity index (χ0) is 73.0. The van der Waals surface area contributed by atoms with Crippen molar-refractivity contribution in [2.24, 2.45) is 68.5 Å². The third kappa shape index (κ3) is 19.2. The lowest BCUT2D eigenvalue weighted by molar-refractivity contribution is -0.142. The van der Waals surface area contributed by atoms with Gasteiger partial charge < -0.3 is 58.5 Å². The van der Waals surface area contributed by atoms with E-state index in [0.717, 1.165) is 176 Å². The van der Waals surface area contributed by atoms with Crippen LogP contribution in [0.15, 0.2) is 92.0 Å². The smallest absolute Gasteiger partial charge is 0.309 e. The number of nitrogens with one attached hydrogen (secondary N) is 2. The summed E-state index contributed by atoms with van der Waals surface area (Å²) in [6.07, 6.45) is 26.8. The zero-order valence-corrected chi connectivity index (χ0v) is 62.9.